The molecular weight excluding hydrogens is 438 g/mol. The molecule has 0 aliphatic heterocycles. The Kier molecular flexibility index (Phi) is 6.46. The number of rotatable bonds is 7. The minimum atomic E-state index is 0.683. The van der Waals surface area contributed by atoms with Crippen LogP contribution in [0.25, 0.3) is 22.5 Å². The molecule has 2 aromatic heterocycles. The van der Waals surface area contributed by atoms with Crippen molar-refractivity contribution in [2.24, 2.45) is 0 Å². The van der Waals surface area contributed by atoms with Crippen LogP contribution in [0.1, 0.15) is 16.7 Å². The summed E-state index contributed by atoms with van der Waals surface area (Å²) in [5.74, 6) is 1.60. The first-order valence-electron chi connectivity index (χ1n) is 10.9. The van der Waals surface area contributed by atoms with Gasteiger partial charge in [0.05, 0.1) is 18.2 Å². The van der Waals surface area contributed by atoms with Gasteiger partial charge in [-0.25, -0.2) is 0 Å². The second kappa shape index (κ2) is 10.2. The van der Waals surface area contributed by atoms with Gasteiger partial charge in [-0.2, -0.15) is 5.26 Å². The molecule has 0 radical (unpaired) electrons. The quantitative estimate of drug-likeness (QED) is 0.270. The highest BCUT2D eigenvalue weighted by Crippen LogP contribution is 2.29. The Morgan fingerprint density at radius 3 is 2.24 bits per heavy atom. The van der Waals surface area contributed by atoms with E-state index in [-0.39, 0.29) is 0 Å². The summed E-state index contributed by atoms with van der Waals surface area (Å²) in [6, 6.07) is 32.6. The molecule has 0 bridgehead atoms. The molecule has 34 heavy (non-hydrogen) atoms. The van der Waals surface area contributed by atoms with E-state index in [1.165, 1.54) is 11.1 Å². The lowest BCUT2D eigenvalue weighted by Gasteiger charge is -2.11. The van der Waals surface area contributed by atoms with Crippen molar-refractivity contribution in [3.8, 4) is 28.6 Å². The van der Waals surface area contributed by atoms with Crippen molar-refractivity contribution in [2.75, 3.05) is 0 Å². The van der Waals surface area contributed by atoms with E-state index in [0.29, 0.717) is 12.1 Å². The van der Waals surface area contributed by atoms with Gasteiger partial charge in [-0.3, -0.25) is 9.55 Å². The lowest BCUT2D eigenvalue weighted by Crippen LogP contribution is -2.04. The summed E-state index contributed by atoms with van der Waals surface area (Å²) in [6.45, 7) is 0.692. The van der Waals surface area contributed by atoms with Crippen LogP contribution in [0.3, 0.4) is 0 Å². The van der Waals surface area contributed by atoms with Gasteiger partial charge in [0.1, 0.15) is 0 Å². The molecule has 164 valence electrons. The summed E-state index contributed by atoms with van der Waals surface area (Å²) < 4.78 is 2.16. The van der Waals surface area contributed by atoms with Crippen LogP contribution in [0.4, 0.5) is 0 Å². The molecular formula is C28H21N5S. The smallest absolute Gasteiger partial charge is 0.192 e. The van der Waals surface area contributed by atoms with Crippen LogP contribution in [0, 0.1) is 11.3 Å². The molecule has 6 heteroatoms. The van der Waals surface area contributed by atoms with E-state index in [0.717, 1.165) is 33.4 Å². The lowest BCUT2D eigenvalue weighted by molar-refractivity contribution is 0.714. The van der Waals surface area contributed by atoms with Crippen molar-refractivity contribution in [3.63, 3.8) is 0 Å². The van der Waals surface area contributed by atoms with Crippen molar-refractivity contribution >= 4 is 11.8 Å². The summed E-state index contributed by atoms with van der Waals surface area (Å²) in [5, 5.41) is 19.3. The molecule has 0 N–H and O–H groups in total. The molecule has 5 aromatic rings. The normalized spacial score (nSPS) is 10.7. The first-order valence-corrected chi connectivity index (χ1v) is 11.9. The molecule has 5 nitrogen and oxygen atoms in total. The van der Waals surface area contributed by atoms with Gasteiger partial charge < -0.3 is 0 Å². The summed E-state index contributed by atoms with van der Waals surface area (Å²) in [4.78, 5) is 4.13. The van der Waals surface area contributed by atoms with Crippen molar-refractivity contribution < 1.29 is 0 Å². The molecule has 0 amide bonds. The Hall–Kier alpha value is -4.21. The minimum Gasteiger partial charge on any atom is -0.298 e. The van der Waals surface area contributed by atoms with E-state index in [1.807, 2.05) is 54.6 Å². The fraction of sp³-hybridized carbons (Fsp3) is 0.0714. The number of benzene rings is 3. The van der Waals surface area contributed by atoms with Gasteiger partial charge in [-0.05, 0) is 40.5 Å². The number of hydrogen-bond donors (Lipinski definition) is 0. The zero-order valence-corrected chi connectivity index (χ0v) is 19.2. The summed E-state index contributed by atoms with van der Waals surface area (Å²) in [7, 11) is 0. The maximum absolute atomic E-state index is 9.39. The van der Waals surface area contributed by atoms with Crippen LogP contribution in [0.15, 0.2) is 109 Å². The number of hydrogen-bond acceptors (Lipinski definition) is 5. The first-order chi connectivity index (χ1) is 16.8. The van der Waals surface area contributed by atoms with Crippen LogP contribution >= 0.6 is 11.8 Å². The van der Waals surface area contributed by atoms with Gasteiger partial charge in [0.15, 0.2) is 11.0 Å². The maximum atomic E-state index is 9.39. The fourth-order valence-corrected chi connectivity index (χ4v) is 4.67. The van der Waals surface area contributed by atoms with Crippen molar-refractivity contribution in [1.82, 2.24) is 19.7 Å². The molecule has 0 fully saturated rings. The Bertz CT molecular complexity index is 1420. The standard InChI is InChI=1S/C28H21N5S/c29-18-25-8-4-5-9-26(25)23-12-10-22(11-13-23)20-34-28-32-31-27(24-14-16-30-17-15-24)33(28)19-21-6-2-1-3-7-21/h1-17H,19-20H2. The molecule has 0 aliphatic carbocycles. The highest BCUT2D eigenvalue weighted by atomic mass is 32.2. The highest BCUT2D eigenvalue weighted by Gasteiger charge is 2.15. The third-order valence-corrected chi connectivity index (χ3v) is 6.56. The average molecular weight is 460 g/mol. The van der Waals surface area contributed by atoms with Gasteiger partial charge in [-0.1, -0.05) is 84.6 Å². The Labute approximate surface area is 202 Å². The van der Waals surface area contributed by atoms with Crippen LogP contribution in [-0.4, -0.2) is 19.7 Å². The molecule has 2 heterocycles. The van der Waals surface area contributed by atoms with E-state index in [1.54, 1.807) is 24.2 Å². The molecule has 0 unspecified atom stereocenters. The molecule has 0 atom stereocenters. The molecule has 0 aliphatic rings. The Balaban J connectivity index is 1.38. The first kappa shape index (κ1) is 21.6. The van der Waals surface area contributed by atoms with Crippen LogP contribution in [0.5, 0.6) is 0 Å². The van der Waals surface area contributed by atoms with E-state index >= 15 is 0 Å². The molecule has 0 saturated heterocycles. The number of pyridine rings is 1. The topological polar surface area (TPSA) is 67.4 Å². The fourth-order valence-electron chi connectivity index (χ4n) is 3.78. The molecule has 5 rings (SSSR count). The predicted octanol–water partition coefficient (Wildman–Crippen LogP) is 6.22. The van der Waals surface area contributed by atoms with Crippen molar-refractivity contribution in [2.45, 2.75) is 17.5 Å². The monoisotopic (exact) mass is 459 g/mol. The second-order valence-electron chi connectivity index (χ2n) is 7.76. The molecule has 0 spiro atoms. The second-order valence-corrected chi connectivity index (χ2v) is 8.70. The van der Waals surface area contributed by atoms with Gasteiger partial charge >= 0.3 is 0 Å². The predicted molar refractivity (Wildman–Crippen MR) is 135 cm³/mol. The highest BCUT2D eigenvalue weighted by molar-refractivity contribution is 7.98. The number of nitrogens with zero attached hydrogens (tertiary/aromatic N) is 5. The lowest BCUT2D eigenvalue weighted by atomic mass is 10.00. The summed E-state index contributed by atoms with van der Waals surface area (Å²) >= 11 is 1.67. The number of aromatic nitrogens is 4. The van der Waals surface area contributed by atoms with Gasteiger partial charge in [-0.15, -0.1) is 10.2 Å². The van der Waals surface area contributed by atoms with E-state index in [2.05, 4.69) is 62.2 Å². The van der Waals surface area contributed by atoms with Gasteiger partial charge in [0.2, 0.25) is 0 Å². The van der Waals surface area contributed by atoms with Gasteiger partial charge in [0.25, 0.3) is 0 Å². The average Bonchev–Trinajstić information content (AvgIpc) is 3.31. The zero-order chi connectivity index (χ0) is 23.2. The zero-order valence-electron chi connectivity index (χ0n) is 18.4. The Morgan fingerprint density at radius 1 is 0.735 bits per heavy atom. The summed E-state index contributed by atoms with van der Waals surface area (Å²) in [5.41, 5.74) is 6.04. The minimum absolute atomic E-state index is 0.683. The number of nitriles is 1. The largest absolute Gasteiger partial charge is 0.298 e. The SMILES string of the molecule is N#Cc1ccccc1-c1ccc(CSc2nnc(-c3ccncc3)n2Cc2ccccc2)cc1. The van der Waals surface area contributed by atoms with Crippen molar-refractivity contribution in [3.05, 3.63) is 120 Å². The van der Waals surface area contributed by atoms with E-state index in [9.17, 15) is 5.26 Å². The Morgan fingerprint density at radius 2 is 1.47 bits per heavy atom. The third-order valence-electron chi connectivity index (χ3n) is 5.52. The van der Waals surface area contributed by atoms with Crippen LogP contribution in [0.2, 0.25) is 0 Å². The van der Waals surface area contributed by atoms with Crippen molar-refractivity contribution in [1.29, 1.82) is 5.26 Å². The number of thioether (sulfide) groups is 1. The van der Waals surface area contributed by atoms with E-state index < -0.39 is 0 Å². The maximum Gasteiger partial charge on any atom is 0.192 e. The van der Waals surface area contributed by atoms with Crippen LogP contribution < -0.4 is 0 Å². The van der Waals surface area contributed by atoms with Crippen LogP contribution in [-0.2, 0) is 12.3 Å². The molecule has 3 aromatic carbocycles. The molecule has 0 saturated carbocycles. The third kappa shape index (κ3) is 4.75. The van der Waals surface area contributed by atoms with E-state index in [4.69, 9.17) is 0 Å². The summed E-state index contributed by atoms with van der Waals surface area (Å²) in [6.07, 6.45) is 3.55. The van der Waals surface area contributed by atoms with Gasteiger partial charge in [0, 0.05) is 23.7 Å².